The van der Waals surface area contributed by atoms with Gasteiger partial charge in [0.15, 0.2) is 0 Å². The predicted molar refractivity (Wildman–Crippen MR) is 130 cm³/mol. The number of hydrogen-bond acceptors (Lipinski definition) is 3. The molecule has 1 unspecified atom stereocenters. The van der Waals surface area contributed by atoms with E-state index in [1.165, 1.54) is 38.5 Å². The molecule has 0 aliphatic carbocycles. The van der Waals surface area contributed by atoms with Crippen LogP contribution in [0, 0.1) is 5.92 Å². The molecule has 0 aliphatic heterocycles. The topological polar surface area (TPSA) is 27.7 Å². The van der Waals surface area contributed by atoms with Gasteiger partial charge in [0.2, 0.25) is 0 Å². The van der Waals surface area contributed by atoms with Crippen LogP contribution < -0.4 is 0 Å². The zero-order valence-electron chi connectivity index (χ0n) is 19.9. The number of alkyl halides is 1. The molecule has 1 atom stereocenters. The lowest BCUT2D eigenvalue weighted by Gasteiger charge is -2.39. The molecule has 174 valence electrons. The minimum Gasteiger partial charge on any atom is -0.327 e. The van der Waals surface area contributed by atoms with Crippen molar-refractivity contribution >= 4 is 15.9 Å². The zero-order valence-corrected chi connectivity index (χ0v) is 21.4. The van der Waals surface area contributed by atoms with E-state index in [2.05, 4.69) is 55.8 Å². The average molecular weight is 478 g/mol. The summed E-state index contributed by atoms with van der Waals surface area (Å²) in [5, 5.41) is 0.842. The number of halogens is 1. The van der Waals surface area contributed by atoms with E-state index in [1.54, 1.807) is 0 Å². The Hall–Kier alpha value is 0.1000. The molecule has 0 radical (unpaired) electrons. The monoisotopic (exact) mass is 476 g/mol. The summed E-state index contributed by atoms with van der Waals surface area (Å²) in [5.74, 6) is -0.821. The van der Waals surface area contributed by atoms with Crippen molar-refractivity contribution in [2.24, 2.45) is 5.92 Å². The molecule has 0 fully saturated rings. The summed E-state index contributed by atoms with van der Waals surface area (Å²) < 4.78 is 19.2. The zero-order chi connectivity index (χ0) is 21.6. The van der Waals surface area contributed by atoms with Crippen LogP contribution in [-0.4, -0.2) is 31.1 Å². The van der Waals surface area contributed by atoms with Gasteiger partial charge in [-0.15, -0.1) is 0 Å². The summed E-state index contributed by atoms with van der Waals surface area (Å²) in [6.45, 7) is 10.9. The molecule has 0 saturated carbocycles. The Morgan fingerprint density at radius 1 is 0.655 bits per heavy atom. The minimum absolute atomic E-state index is 0.122. The minimum atomic E-state index is -0.943. The highest BCUT2D eigenvalue weighted by molar-refractivity contribution is 9.09. The van der Waals surface area contributed by atoms with Crippen LogP contribution in [0.5, 0.6) is 0 Å². The highest BCUT2D eigenvalue weighted by Gasteiger charge is 2.41. The van der Waals surface area contributed by atoms with Gasteiger partial charge in [0.1, 0.15) is 0 Å². The van der Waals surface area contributed by atoms with Gasteiger partial charge in [-0.25, -0.2) is 0 Å². The second-order valence-electron chi connectivity index (χ2n) is 7.95. The highest BCUT2D eigenvalue weighted by Crippen LogP contribution is 2.33. The lowest BCUT2D eigenvalue weighted by atomic mass is 9.96. The third-order valence-corrected chi connectivity index (χ3v) is 5.56. The largest absolute Gasteiger partial charge is 0.327 e. The van der Waals surface area contributed by atoms with E-state index in [0.29, 0.717) is 19.8 Å². The highest BCUT2D eigenvalue weighted by atomic mass is 79.9. The van der Waals surface area contributed by atoms with Gasteiger partial charge in [0.25, 0.3) is 5.97 Å². The maximum absolute atomic E-state index is 6.41. The van der Waals surface area contributed by atoms with Gasteiger partial charge in [0.05, 0.1) is 25.7 Å². The third-order valence-electron chi connectivity index (χ3n) is 5.18. The molecule has 0 heterocycles. The van der Waals surface area contributed by atoms with E-state index < -0.39 is 5.97 Å². The normalized spacial score (nSPS) is 13.4. The molecule has 0 spiro atoms. The molecule has 3 nitrogen and oxygen atoms in total. The Bertz CT molecular complexity index is 333. The Morgan fingerprint density at radius 2 is 1.10 bits per heavy atom. The van der Waals surface area contributed by atoms with Gasteiger partial charge in [0, 0.05) is 5.33 Å². The number of unbranched alkanes of at least 4 members (excludes halogenated alkanes) is 8. The number of allylic oxidation sites excluding steroid dienone is 1. The fourth-order valence-corrected chi connectivity index (χ4v) is 3.49. The Labute approximate surface area is 190 Å². The summed E-state index contributed by atoms with van der Waals surface area (Å²) in [7, 11) is 0. The van der Waals surface area contributed by atoms with Crippen LogP contribution in [0.25, 0.3) is 0 Å². The van der Waals surface area contributed by atoms with Crippen molar-refractivity contribution in [3.05, 3.63) is 12.2 Å². The first-order valence-electron chi connectivity index (χ1n) is 12.3. The molecule has 0 N–H and O–H groups in total. The van der Waals surface area contributed by atoms with Crippen LogP contribution >= 0.6 is 15.9 Å². The molecular formula is C25H49BrO3. The first-order chi connectivity index (χ1) is 14.2. The summed E-state index contributed by atoms with van der Waals surface area (Å²) in [5.41, 5.74) is 0. The van der Waals surface area contributed by atoms with Crippen molar-refractivity contribution in [3.63, 3.8) is 0 Å². The lowest BCUT2D eigenvalue weighted by Crippen LogP contribution is -2.46. The Kier molecular flexibility index (Phi) is 21.4. The van der Waals surface area contributed by atoms with Crippen molar-refractivity contribution in [2.45, 2.75) is 117 Å². The maximum atomic E-state index is 6.41. The number of hydrogen-bond donors (Lipinski definition) is 0. The maximum Gasteiger partial charge on any atom is 0.289 e. The smallest absolute Gasteiger partial charge is 0.289 e. The Morgan fingerprint density at radius 3 is 1.55 bits per heavy atom. The summed E-state index contributed by atoms with van der Waals surface area (Å²) in [4.78, 5) is 0. The molecule has 4 heteroatoms. The van der Waals surface area contributed by atoms with Gasteiger partial charge >= 0.3 is 0 Å². The van der Waals surface area contributed by atoms with Gasteiger partial charge < -0.3 is 14.2 Å². The van der Waals surface area contributed by atoms with E-state index >= 15 is 0 Å². The fourth-order valence-electron chi connectivity index (χ4n) is 3.27. The molecule has 0 saturated heterocycles. The second kappa shape index (κ2) is 21.3. The number of rotatable bonds is 22. The average Bonchev–Trinajstić information content (AvgIpc) is 2.73. The molecule has 0 rings (SSSR count). The summed E-state index contributed by atoms with van der Waals surface area (Å²) in [6, 6.07) is 0. The quantitative estimate of drug-likeness (QED) is 0.0678. The van der Waals surface area contributed by atoms with Crippen molar-refractivity contribution in [3.8, 4) is 0 Å². The van der Waals surface area contributed by atoms with Crippen LogP contribution in [0.1, 0.15) is 111 Å². The molecular weight excluding hydrogens is 428 g/mol. The molecule has 0 aliphatic rings. The van der Waals surface area contributed by atoms with Crippen LogP contribution in [0.2, 0.25) is 0 Å². The molecule has 0 aromatic carbocycles. The fraction of sp³-hybridized carbons (Fsp3) is 0.920. The van der Waals surface area contributed by atoms with Crippen molar-refractivity contribution < 1.29 is 14.2 Å². The van der Waals surface area contributed by atoms with Gasteiger partial charge in [-0.1, -0.05) is 114 Å². The summed E-state index contributed by atoms with van der Waals surface area (Å²) in [6.07, 6.45) is 19.7. The van der Waals surface area contributed by atoms with Crippen molar-refractivity contribution in [1.29, 1.82) is 0 Å². The van der Waals surface area contributed by atoms with Gasteiger partial charge in [-0.05, 0) is 25.7 Å². The molecule has 0 amide bonds. The summed E-state index contributed by atoms with van der Waals surface area (Å²) >= 11 is 3.54. The first kappa shape index (κ1) is 29.1. The van der Waals surface area contributed by atoms with Crippen LogP contribution in [0.15, 0.2) is 12.2 Å². The molecule has 0 aromatic rings. The SMILES string of the molecule is CCCCCCCCC(C=CCBr)C(OCCCC)(OCCCC)OCCCC. The van der Waals surface area contributed by atoms with Crippen LogP contribution in [0.4, 0.5) is 0 Å². The van der Waals surface area contributed by atoms with E-state index in [9.17, 15) is 0 Å². The van der Waals surface area contributed by atoms with E-state index in [4.69, 9.17) is 14.2 Å². The standard InChI is InChI=1S/C25H49BrO3/c1-5-9-13-14-15-16-18-24(19-17-20-26)25(27-21-10-6-2,28-22-11-7-3)29-23-12-8-4/h17,19,24H,5-16,18,20-23H2,1-4H3. The Balaban J connectivity index is 5.27. The van der Waals surface area contributed by atoms with Crippen molar-refractivity contribution in [1.82, 2.24) is 0 Å². The van der Waals surface area contributed by atoms with E-state index in [-0.39, 0.29) is 5.92 Å². The van der Waals surface area contributed by atoms with Crippen LogP contribution in [0.3, 0.4) is 0 Å². The second-order valence-corrected chi connectivity index (χ2v) is 8.60. The van der Waals surface area contributed by atoms with Gasteiger partial charge in [-0.3, -0.25) is 0 Å². The predicted octanol–water partition coefficient (Wildman–Crippen LogP) is 8.41. The van der Waals surface area contributed by atoms with E-state index in [1.807, 2.05) is 0 Å². The van der Waals surface area contributed by atoms with Crippen molar-refractivity contribution in [2.75, 3.05) is 25.2 Å². The van der Waals surface area contributed by atoms with E-state index in [0.717, 1.165) is 50.3 Å². The third kappa shape index (κ3) is 14.7. The first-order valence-corrected chi connectivity index (χ1v) is 13.5. The van der Waals surface area contributed by atoms with Gasteiger partial charge in [-0.2, -0.15) is 0 Å². The lowest BCUT2D eigenvalue weighted by molar-refractivity contribution is -0.399. The molecule has 0 aromatic heterocycles. The molecule has 0 bridgehead atoms. The van der Waals surface area contributed by atoms with Crippen LogP contribution in [-0.2, 0) is 14.2 Å². The number of ether oxygens (including phenoxy) is 3. The molecule has 29 heavy (non-hydrogen) atoms.